The zero-order chi connectivity index (χ0) is 21.8. The predicted octanol–water partition coefficient (Wildman–Crippen LogP) is 2.84. The zero-order valence-electron chi connectivity index (χ0n) is 16.0. The van der Waals surface area contributed by atoms with E-state index in [1.54, 1.807) is 20.8 Å². The van der Waals surface area contributed by atoms with E-state index in [2.05, 4.69) is 10.0 Å². The Hall–Kier alpha value is -3.01. The number of hydrogen-bond donors (Lipinski definition) is 2. The van der Waals surface area contributed by atoms with Crippen LogP contribution in [-0.2, 0) is 19.6 Å². The van der Waals surface area contributed by atoms with Gasteiger partial charge in [-0.2, -0.15) is 0 Å². The van der Waals surface area contributed by atoms with Crippen LogP contribution in [0, 0.1) is 11.6 Å². The Bertz CT molecular complexity index is 1030. The summed E-state index contributed by atoms with van der Waals surface area (Å²) in [5, 5.41) is 2.62. The summed E-state index contributed by atoms with van der Waals surface area (Å²) in [6.07, 6.45) is 0. The van der Waals surface area contributed by atoms with Crippen molar-refractivity contribution in [3.8, 4) is 0 Å². The maximum Gasteiger partial charge on any atom is 0.340 e. The molecule has 2 aromatic carbocycles. The van der Waals surface area contributed by atoms with E-state index in [0.717, 1.165) is 6.07 Å². The van der Waals surface area contributed by atoms with Crippen LogP contribution in [0.1, 0.15) is 31.1 Å². The van der Waals surface area contributed by atoms with Gasteiger partial charge in [-0.1, -0.05) is 12.1 Å². The topological polar surface area (TPSA) is 102 Å². The first-order valence-electron chi connectivity index (χ1n) is 8.44. The second-order valence-electron chi connectivity index (χ2n) is 7.10. The van der Waals surface area contributed by atoms with Crippen LogP contribution >= 0.6 is 0 Å². The van der Waals surface area contributed by atoms with Gasteiger partial charge in [0.1, 0.15) is 0 Å². The maximum absolute atomic E-state index is 13.4. The molecule has 0 atom stereocenters. The number of rotatable bonds is 6. The maximum atomic E-state index is 13.4. The highest BCUT2D eigenvalue weighted by molar-refractivity contribution is 7.92. The number of ether oxygens (including phenoxy) is 1. The Balaban J connectivity index is 2.18. The second-order valence-corrected chi connectivity index (χ2v) is 8.78. The summed E-state index contributed by atoms with van der Waals surface area (Å²) in [6.45, 7) is 4.72. The molecule has 10 heteroatoms. The third kappa shape index (κ3) is 6.24. The van der Waals surface area contributed by atoms with Crippen molar-refractivity contribution in [2.45, 2.75) is 31.2 Å². The van der Waals surface area contributed by atoms with Crippen molar-refractivity contribution in [3.63, 3.8) is 0 Å². The number of anilines is 1. The molecule has 0 fully saturated rings. The fourth-order valence-corrected chi connectivity index (χ4v) is 3.35. The number of sulfonamides is 1. The first-order valence-corrected chi connectivity index (χ1v) is 9.92. The highest BCUT2D eigenvalue weighted by atomic mass is 32.2. The van der Waals surface area contributed by atoms with Gasteiger partial charge in [-0.25, -0.2) is 22.0 Å². The van der Waals surface area contributed by atoms with Gasteiger partial charge in [-0.05, 0) is 51.1 Å². The number of nitrogens with one attached hydrogen (secondary N) is 2. The molecule has 2 aromatic rings. The zero-order valence-corrected chi connectivity index (χ0v) is 16.8. The van der Waals surface area contributed by atoms with Crippen molar-refractivity contribution >= 4 is 27.6 Å². The van der Waals surface area contributed by atoms with Gasteiger partial charge in [-0.3, -0.25) is 9.52 Å². The van der Waals surface area contributed by atoms with Crippen LogP contribution in [0.3, 0.4) is 0 Å². The van der Waals surface area contributed by atoms with E-state index in [-0.39, 0.29) is 11.3 Å². The molecule has 0 radical (unpaired) electrons. The van der Waals surface area contributed by atoms with Crippen LogP contribution in [-0.4, -0.2) is 32.4 Å². The fourth-order valence-electron chi connectivity index (χ4n) is 2.26. The molecule has 156 valence electrons. The van der Waals surface area contributed by atoms with E-state index in [1.807, 2.05) is 0 Å². The molecule has 0 saturated carbocycles. The van der Waals surface area contributed by atoms with Gasteiger partial charge in [0.15, 0.2) is 18.2 Å². The number of esters is 1. The average molecular weight is 426 g/mol. The van der Waals surface area contributed by atoms with Gasteiger partial charge in [0.25, 0.3) is 15.9 Å². The van der Waals surface area contributed by atoms with Crippen molar-refractivity contribution in [3.05, 3.63) is 59.7 Å². The lowest BCUT2D eigenvalue weighted by atomic mass is 10.1. The lowest BCUT2D eigenvalue weighted by molar-refractivity contribution is -0.125. The number of carbonyl (C=O) groups excluding carboxylic acids is 2. The standard InChI is InChI=1S/C19H20F2N2O5S/c1-19(2,3)22-17(24)11-28-18(25)13-6-4-5-7-16(13)23-29(26,27)12-8-9-14(20)15(21)10-12/h4-10,23H,11H2,1-3H3,(H,22,24). The molecular formula is C19H20F2N2O5S. The largest absolute Gasteiger partial charge is 0.452 e. The van der Waals surface area contributed by atoms with Gasteiger partial charge in [0.05, 0.1) is 16.1 Å². The van der Waals surface area contributed by atoms with Crippen molar-refractivity contribution in [1.29, 1.82) is 0 Å². The fraction of sp³-hybridized carbons (Fsp3) is 0.263. The average Bonchev–Trinajstić information content (AvgIpc) is 2.60. The second kappa shape index (κ2) is 8.56. The van der Waals surface area contributed by atoms with E-state index in [0.29, 0.717) is 12.1 Å². The molecular weight excluding hydrogens is 406 g/mol. The molecule has 0 spiro atoms. The molecule has 0 aromatic heterocycles. The molecule has 0 bridgehead atoms. The number of hydrogen-bond acceptors (Lipinski definition) is 5. The van der Waals surface area contributed by atoms with E-state index in [4.69, 9.17) is 4.74 Å². The predicted molar refractivity (Wildman–Crippen MR) is 102 cm³/mol. The molecule has 1 amide bonds. The molecule has 0 aliphatic heterocycles. The summed E-state index contributed by atoms with van der Waals surface area (Å²) in [5.41, 5.74) is -0.803. The van der Waals surface area contributed by atoms with Gasteiger partial charge in [0, 0.05) is 5.54 Å². The molecule has 0 aliphatic rings. The van der Waals surface area contributed by atoms with Crippen LogP contribution in [0.25, 0.3) is 0 Å². The Morgan fingerprint density at radius 1 is 1.03 bits per heavy atom. The Labute approximate surface area is 167 Å². The van der Waals surface area contributed by atoms with E-state index < -0.39 is 50.6 Å². The Morgan fingerprint density at radius 3 is 2.31 bits per heavy atom. The van der Waals surface area contributed by atoms with Crippen LogP contribution in [0.5, 0.6) is 0 Å². The number of halogens is 2. The van der Waals surface area contributed by atoms with Gasteiger partial charge >= 0.3 is 5.97 Å². The molecule has 7 nitrogen and oxygen atoms in total. The summed E-state index contributed by atoms with van der Waals surface area (Å²) >= 11 is 0. The highest BCUT2D eigenvalue weighted by Crippen LogP contribution is 2.22. The minimum Gasteiger partial charge on any atom is -0.452 e. The summed E-state index contributed by atoms with van der Waals surface area (Å²) in [5.74, 6) is -3.98. The highest BCUT2D eigenvalue weighted by Gasteiger charge is 2.22. The molecule has 2 rings (SSSR count). The first kappa shape index (κ1) is 22.3. The SMILES string of the molecule is CC(C)(C)NC(=O)COC(=O)c1ccccc1NS(=O)(=O)c1ccc(F)c(F)c1. The van der Waals surface area contributed by atoms with Crippen molar-refractivity contribution < 1.29 is 31.5 Å². The monoisotopic (exact) mass is 426 g/mol. The van der Waals surface area contributed by atoms with Gasteiger partial charge in [-0.15, -0.1) is 0 Å². The van der Waals surface area contributed by atoms with Crippen molar-refractivity contribution in [2.24, 2.45) is 0 Å². The molecule has 0 unspecified atom stereocenters. The molecule has 0 saturated heterocycles. The molecule has 29 heavy (non-hydrogen) atoms. The van der Waals surface area contributed by atoms with E-state index in [9.17, 15) is 26.8 Å². The Kier molecular flexibility index (Phi) is 6.58. The van der Waals surface area contributed by atoms with Gasteiger partial charge in [0.2, 0.25) is 0 Å². The van der Waals surface area contributed by atoms with Crippen LogP contribution < -0.4 is 10.0 Å². The smallest absolute Gasteiger partial charge is 0.340 e. The third-order valence-electron chi connectivity index (χ3n) is 3.44. The van der Waals surface area contributed by atoms with Crippen molar-refractivity contribution in [2.75, 3.05) is 11.3 Å². The molecule has 0 heterocycles. The summed E-state index contributed by atoms with van der Waals surface area (Å²) < 4.78 is 58.4. The minimum absolute atomic E-state index is 0.140. The van der Waals surface area contributed by atoms with Crippen molar-refractivity contribution in [1.82, 2.24) is 5.32 Å². The number of para-hydroxylation sites is 1. The number of carbonyl (C=O) groups is 2. The normalized spacial score (nSPS) is 11.6. The van der Waals surface area contributed by atoms with Crippen LogP contribution in [0.15, 0.2) is 47.4 Å². The van der Waals surface area contributed by atoms with Gasteiger partial charge < -0.3 is 10.1 Å². The molecule has 2 N–H and O–H groups in total. The van der Waals surface area contributed by atoms with E-state index in [1.165, 1.54) is 24.3 Å². The van der Waals surface area contributed by atoms with E-state index >= 15 is 0 Å². The summed E-state index contributed by atoms with van der Waals surface area (Å²) in [7, 11) is -4.31. The minimum atomic E-state index is -4.31. The quantitative estimate of drug-likeness (QED) is 0.692. The third-order valence-corrected chi connectivity index (χ3v) is 4.80. The Morgan fingerprint density at radius 2 is 1.69 bits per heavy atom. The van der Waals surface area contributed by atoms with Crippen LogP contribution in [0.2, 0.25) is 0 Å². The van der Waals surface area contributed by atoms with Crippen LogP contribution in [0.4, 0.5) is 14.5 Å². The number of amides is 1. The number of benzene rings is 2. The lowest BCUT2D eigenvalue weighted by Crippen LogP contribution is -2.42. The molecule has 0 aliphatic carbocycles. The first-order chi connectivity index (χ1) is 13.4. The summed E-state index contributed by atoms with van der Waals surface area (Å²) in [4.78, 5) is 23.6. The summed E-state index contributed by atoms with van der Waals surface area (Å²) in [6, 6.07) is 7.62. The lowest BCUT2D eigenvalue weighted by Gasteiger charge is -2.20.